The molecule has 9 aromatic rings. The van der Waals surface area contributed by atoms with Crippen LogP contribution in [-0.2, 0) is 26.5 Å². The van der Waals surface area contributed by atoms with E-state index in [1.165, 1.54) is 11.1 Å². The van der Waals surface area contributed by atoms with Gasteiger partial charge in [0.05, 0.1) is 22.3 Å². The second-order valence-corrected chi connectivity index (χ2v) is 18.3. The van der Waals surface area contributed by atoms with E-state index in [1.807, 2.05) is 31.3 Å². The number of phenolic OH excluding ortho intramolecular Hbond substituents is 1. The van der Waals surface area contributed by atoms with E-state index in [4.69, 9.17) is 9.97 Å². The van der Waals surface area contributed by atoms with E-state index in [0.29, 0.717) is 11.4 Å². The van der Waals surface area contributed by atoms with E-state index in [9.17, 15) is 5.11 Å². The second-order valence-electron chi connectivity index (χ2n) is 18.3. The molecule has 0 radical (unpaired) electrons. The van der Waals surface area contributed by atoms with E-state index in [2.05, 4.69) is 199 Å². The topological polar surface area (TPSA) is 50.9 Å². The van der Waals surface area contributed by atoms with Crippen molar-refractivity contribution in [1.29, 1.82) is 0 Å². The molecular formula is C58H52N3OPt-. The summed E-state index contributed by atoms with van der Waals surface area (Å²) in [6, 6.07) is 59.5. The Hall–Kier alpha value is -6.35. The minimum Gasteiger partial charge on any atom is -0.507 e. The first kappa shape index (κ1) is 43.3. The van der Waals surface area contributed by atoms with Crippen molar-refractivity contribution >= 4 is 11.0 Å². The largest absolute Gasteiger partial charge is 0.507 e. The van der Waals surface area contributed by atoms with Crippen molar-refractivity contribution in [2.75, 3.05) is 0 Å². The molecule has 0 aliphatic heterocycles. The molecule has 63 heavy (non-hydrogen) atoms. The molecule has 1 N–H and O–H groups in total. The molecule has 2 heterocycles. The number of pyridine rings is 1. The van der Waals surface area contributed by atoms with Gasteiger partial charge in [-0.1, -0.05) is 172 Å². The number of benzene rings is 7. The average Bonchev–Trinajstić information content (AvgIpc) is 3.67. The fourth-order valence-electron chi connectivity index (χ4n) is 8.43. The van der Waals surface area contributed by atoms with Crippen molar-refractivity contribution in [3.05, 3.63) is 192 Å². The van der Waals surface area contributed by atoms with Crippen LogP contribution in [0, 0.1) is 32.3 Å². The maximum atomic E-state index is 11.9. The predicted molar refractivity (Wildman–Crippen MR) is 259 cm³/mol. The summed E-state index contributed by atoms with van der Waals surface area (Å²) >= 11 is 0. The zero-order chi connectivity index (χ0) is 43.3. The summed E-state index contributed by atoms with van der Waals surface area (Å²) in [4.78, 5) is 10.5. The molecule has 2 aromatic heterocycles. The Labute approximate surface area is 386 Å². The molecule has 0 spiro atoms. The van der Waals surface area contributed by atoms with Gasteiger partial charge in [0, 0.05) is 38.5 Å². The molecule has 4 nitrogen and oxygen atoms in total. The van der Waals surface area contributed by atoms with Gasteiger partial charge in [-0.3, -0.25) is 9.55 Å². The summed E-state index contributed by atoms with van der Waals surface area (Å²) < 4.78 is 2.25. The third-order valence-electron chi connectivity index (χ3n) is 13.0. The molecule has 7 aromatic carbocycles. The quantitative estimate of drug-likeness (QED) is 0.154. The standard InChI is InChI=1S/C58H52N3O.Pt/c1-37-22-24-41(25-23-37)43-28-29-59-51(35-43)46-33-44(40-16-11-9-12-17-40)32-45(34-46)48-20-15-21-53-54(48)60-56(50-31-38(2)30-39(3)55(50)62)61(53)52-27-26-47(58(7,8)57(4,5)6)36-49(52)42-18-13-10-14-19-42;/h9-33,35-36,62H,1-8H3;/q-1;. The van der Waals surface area contributed by atoms with Crippen LogP contribution < -0.4 is 0 Å². The van der Waals surface area contributed by atoms with Crippen LogP contribution in [0.15, 0.2) is 164 Å². The fourth-order valence-corrected chi connectivity index (χ4v) is 8.43. The third-order valence-corrected chi connectivity index (χ3v) is 13.0. The molecule has 0 aliphatic carbocycles. The molecule has 5 heteroatoms. The average molecular weight is 1000 g/mol. The third kappa shape index (κ3) is 8.21. The SMILES string of the molecule is Cc1ccc(-c2ccnc(-c3[c-]c(-c4cccc5c4nc(-c4cc(C)cc(C)c4O)n5-c4ccc(C(C)(C)C(C)(C)C)cc4-c4ccccc4)cc(-c4ccccc4)c3)c2)cc1.[Pt]. The molecular weight excluding hydrogens is 950 g/mol. The minimum atomic E-state index is -0.125. The Bertz CT molecular complexity index is 3100. The molecule has 0 aliphatic rings. The maximum absolute atomic E-state index is 11.9. The smallest absolute Gasteiger partial charge is 0.148 e. The van der Waals surface area contributed by atoms with Gasteiger partial charge in [0.1, 0.15) is 11.6 Å². The summed E-state index contributed by atoms with van der Waals surface area (Å²) in [6.45, 7) is 17.7. The van der Waals surface area contributed by atoms with Crippen molar-refractivity contribution in [2.45, 2.75) is 60.8 Å². The summed E-state index contributed by atoms with van der Waals surface area (Å²) in [7, 11) is 0. The summed E-state index contributed by atoms with van der Waals surface area (Å²) in [5, 5.41) is 11.9. The number of para-hydroxylation sites is 1. The molecule has 9 rings (SSSR count). The van der Waals surface area contributed by atoms with Crippen LogP contribution in [0.5, 0.6) is 5.75 Å². The number of aromatic nitrogens is 3. The summed E-state index contributed by atoms with van der Waals surface area (Å²) in [6.07, 6.45) is 1.89. The Morgan fingerprint density at radius 2 is 1.21 bits per heavy atom. The van der Waals surface area contributed by atoms with Crippen molar-refractivity contribution in [1.82, 2.24) is 14.5 Å². The first-order valence-electron chi connectivity index (χ1n) is 21.5. The van der Waals surface area contributed by atoms with E-state index in [0.717, 1.165) is 83.6 Å². The molecule has 0 atom stereocenters. The van der Waals surface area contributed by atoms with Gasteiger partial charge < -0.3 is 5.11 Å². The second kappa shape index (κ2) is 17.1. The fraction of sp³-hybridized carbons (Fsp3) is 0.172. The molecule has 0 saturated heterocycles. The predicted octanol–water partition coefficient (Wildman–Crippen LogP) is 15.2. The van der Waals surface area contributed by atoms with Crippen LogP contribution in [0.1, 0.15) is 56.9 Å². The molecule has 0 saturated carbocycles. The number of aryl methyl sites for hydroxylation is 3. The maximum Gasteiger partial charge on any atom is 0.148 e. The van der Waals surface area contributed by atoms with Crippen LogP contribution in [-0.4, -0.2) is 19.6 Å². The van der Waals surface area contributed by atoms with E-state index >= 15 is 0 Å². The Morgan fingerprint density at radius 1 is 0.540 bits per heavy atom. The molecule has 316 valence electrons. The van der Waals surface area contributed by atoms with Gasteiger partial charge in [-0.2, -0.15) is 0 Å². The number of imidazole rings is 1. The summed E-state index contributed by atoms with van der Waals surface area (Å²) in [5.41, 5.74) is 17.8. The van der Waals surface area contributed by atoms with Crippen LogP contribution in [0.2, 0.25) is 0 Å². The molecule has 0 fully saturated rings. The number of rotatable bonds is 8. The van der Waals surface area contributed by atoms with E-state index in [-0.39, 0.29) is 37.6 Å². The van der Waals surface area contributed by atoms with E-state index < -0.39 is 0 Å². The first-order chi connectivity index (χ1) is 29.8. The van der Waals surface area contributed by atoms with Crippen LogP contribution in [0.3, 0.4) is 0 Å². The molecule has 0 unspecified atom stereocenters. The molecule has 0 amide bonds. The van der Waals surface area contributed by atoms with Gasteiger partial charge in [-0.15, -0.1) is 23.8 Å². The Kier molecular flexibility index (Phi) is 11.7. The van der Waals surface area contributed by atoms with Crippen molar-refractivity contribution < 1.29 is 26.2 Å². The number of nitrogens with zero attached hydrogens (tertiary/aromatic N) is 3. The van der Waals surface area contributed by atoms with Gasteiger partial charge in [-0.25, -0.2) is 4.98 Å². The van der Waals surface area contributed by atoms with Crippen LogP contribution in [0.4, 0.5) is 0 Å². The molecule has 0 bridgehead atoms. The number of fused-ring (bicyclic) bond motifs is 1. The number of aromatic hydroxyl groups is 1. The number of hydrogen-bond donors (Lipinski definition) is 1. The van der Waals surface area contributed by atoms with Gasteiger partial charge in [-0.05, 0) is 101 Å². The van der Waals surface area contributed by atoms with Crippen molar-refractivity contribution in [3.63, 3.8) is 0 Å². The van der Waals surface area contributed by atoms with Crippen molar-refractivity contribution in [3.8, 4) is 78.6 Å². The number of phenols is 1. The normalized spacial score (nSPS) is 11.7. The van der Waals surface area contributed by atoms with Crippen LogP contribution in [0.25, 0.3) is 83.9 Å². The van der Waals surface area contributed by atoms with Gasteiger partial charge in [0.25, 0.3) is 0 Å². The summed E-state index contributed by atoms with van der Waals surface area (Å²) in [5.74, 6) is 0.892. The van der Waals surface area contributed by atoms with Gasteiger partial charge in [0.15, 0.2) is 0 Å². The van der Waals surface area contributed by atoms with Crippen molar-refractivity contribution in [2.24, 2.45) is 5.41 Å². The first-order valence-corrected chi connectivity index (χ1v) is 21.5. The van der Waals surface area contributed by atoms with Gasteiger partial charge >= 0.3 is 0 Å². The Morgan fingerprint density at radius 3 is 1.90 bits per heavy atom. The zero-order valence-corrected chi connectivity index (χ0v) is 39.5. The van der Waals surface area contributed by atoms with Gasteiger partial charge in [0.2, 0.25) is 0 Å². The van der Waals surface area contributed by atoms with Crippen LogP contribution >= 0.6 is 0 Å². The zero-order valence-electron chi connectivity index (χ0n) is 37.2. The Balaban J connectivity index is 0.00000544. The monoisotopic (exact) mass is 1000 g/mol. The minimum absolute atomic E-state index is 0. The number of hydrogen-bond acceptors (Lipinski definition) is 3. The van der Waals surface area contributed by atoms with E-state index in [1.54, 1.807) is 0 Å².